The third-order valence-electron chi connectivity index (χ3n) is 5.24. The molecule has 0 aromatic heterocycles. The minimum absolute atomic E-state index is 0.0983. The number of aryl methyl sites for hydroxylation is 2. The number of hydrogen-bond acceptors (Lipinski definition) is 4. The number of ether oxygens (including phenoxy) is 1. The van der Waals surface area contributed by atoms with Gasteiger partial charge >= 0.3 is 0 Å². The van der Waals surface area contributed by atoms with E-state index in [4.69, 9.17) is 4.74 Å². The van der Waals surface area contributed by atoms with Crippen LogP contribution in [-0.4, -0.2) is 28.0 Å². The minimum atomic E-state index is -4.00. The van der Waals surface area contributed by atoms with Crippen molar-refractivity contribution in [3.05, 3.63) is 89.5 Å². The third kappa shape index (κ3) is 5.11. The maximum Gasteiger partial charge on any atom is 0.264 e. The van der Waals surface area contributed by atoms with E-state index in [0.717, 1.165) is 21.0 Å². The summed E-state index contributed by atoms with van der Waals surface area (Å²) in [7, 11) is -2.54. The fraction of sp³-hybridized carbons (Fsp3) is 0.240. The number of methoxy groups -OCH3 is 1. The molecular weight excluding hydrogens is 424 g/mol. The zero-order chi connectivity index (χ0) is 23.3. The molecule has 32 heavy (non-hydrogen) atoms. The Labute approximate surface area is 189 Å². The van der Waals surface area contributed by atoms with Gasteiger partial charge in [0.2, 0.25) is 5.91 Å². The molecule has 168 valence electrons. The maximum atomic E-state index is 13.5. The van der Waals surface area contributed by atoms with E-state index < -0.39 is 15.9 Å². The Kier molecular flexibility index (Phi) is 7.20. The molecule has 1 N–H and O–H groups in total. The number of carbonyl (C=O) groups excluding carboxylic acids is 1. The molecule has 1 atom stereocenters. The average Bonchev–Trinajstić information content (AvgIpc) is 2.77. The second-order valence-electron chi connectivity index (χ2n) is 7.65. The van der Waals surface area contributed by atoms with Crippen LogP contribution < -0.4 is 14.4 Å². The number of nitrogens with one attached hydrogen (secondary N) is 1. The second-order valence-corrected chi connectivity index (χ2v) is 9.51. The zero-order valence-electron chi connectivity index (χ0n) is 18.7. The largest absolute Gasteiger partial charge is 0.495 e. The molecule has 3 aromatic carbocycles. The van der Waals surface area contributed by atoms with Crippen molar-refractivity contribution < 1.29 is 17.9 Å². The monoisotopic (exact) mass is 452 g/mol. The van der Waals surface area contributed by atoms with Crippen LogP contribution in [0.15, 0.2) is 77.7 Å². The van der Waals surface area contributed by atoms with E-state index in [0.29, 0.717) is 11.4 Å². The lowest BCUT2D eigenvalue weighted by atomic mass is 10.0. The molecule has 3 rings (SSSR count). The maximum absolute atomic E-state index is 13.5. The molecule has 0 saturated carbocycles. The van der Waals surface area contributed by atoms with Gasteiger partial charge in [0.15, 0.2) is 0 Å². The first-order chi connectivity index (χ1) is 15.2. The van der Waals surface area contributed by atoms with Gasteiger partial charge in [0.05, 0.1) is 23.7 Å². The molecule has 6 nitrogen and oxygen atoms in total. The lowest BCUT2D eigenvalue weighted by Crippen LogP contribution is -2.41. The molecule has 0 saturated heterocycles. The molecule has 7 heteroatoms. The first-order valence-corrected chi connectivity index (χ1v) is 11.8. The molecule has 0 bridgehead atoms. The van der Waals surface area contributed by atoms with Crippen LogP contribution in [0.1, 0.15) is 29.7 Å². The van der Waals surface area contributed by atoms with Gasteiger partial charge in [0.25, 0.3) is 10.0 Å². The summed E-state index contributed by atoms with van der Waals surface area (Å²) < 4.78 is 33.4. The van der Waals surface area contributed by atoms with Crippen LogP contribution in [0.25, 0.3) is 0 Å². The fourth-order valence-corrected chi connectivity index (χ4v) is 5.11. The van der Waals surface area contributed by atoms with Crippen molar-refractivity contribution in [2.24, 2.45) is 0 Å². The van der Waals surface area contributed by atoms with Crippen LogP contribution >= 0.6 is 0 Å². The molecule has 1 amide bonds. The lowest BCUT2D eigenvalue weighted by Gasteiger charge is -2.26. The number of carbonyl (C=O) groups is 1. The Hall–Kier alpha value is -3.32. The van der Waals surface area contributed by atoms with E-state index in [-0.39, 0.29) is 17.5 Å². The first kappa shape index (κ1) is 23.3. The van der Waals surface area contributed by atoms with Crippen LogP contribution in [0.5, 0.6) is 5.75 Å². The molecule has 0 spiro atoms. The lowest BCUT2D eigenvalue weighted by molar-refractivity contribution is -0.120. The van der Waals surface area contributed by atoms with E-state index in [1.807, 2.05) is 32.9 Å². The number of sulfonamides is 1. The highest BCUT2D eigenvalue weighted by Gasteiger charge is 2.29. The smallest absolute Gasteiger partial charge is 0.264 e. The van der Waals surface area contributed by atoms with Gasteiger partial charge in [-0.3, -0.25) is 9.10 Å². The van der Waals surface area contributed by atoms with Crippen molar-refractivity contribution >= 4 is 21.6 Å². The van der Waals surface area contributed by atoms with Gasteiger partial charge in [-0.2, -0.15) is 0 Å². The molecule has 0 heterocycles. The summed E-state index contributed by atoms with van der Waals surface area (Å²) in [5, 5.41) is 2.93. The quantitative estimate of drug-likeness (QED) is 0.550. The number of hydrogen-bond donors (Lipinski definition) is 1. The van der Waals surface area contributed by atoms with Gasteiger partial charge in [0, 0.05) is 0 Å². The van der Waals surface area contributed by atoms with Crippen molar-refractivity contribution in [1.29, 1.82) is 0 Å². The van der Waals surface area contributed by atoms with E-state index in [9.17, 15) is 13.2 Å². The fourth-order valence-electron chi connectivity index (χ4n) is 3.66. The number of para-hydroxylation sites is 2. The van der Waals surface area contributed by atoms with Crippen LogP contribution in [-0.2, 0) is 14.8 Å². The Morgan fingerprint density at radius 2 is 1.66 bits per heavy atom. The van der Waals surface area contributed by atoms with Crippen LogP contribution in [0.3, 0.4) is 0 Å². The first-order valence-electron chi connectivity index (χ1n) is 10.3. The molecule has 0 fully saturated rings. The van der Waals surface area contributed by atoms with Crippen molar-refractivity contribution in [2.75, 3.05) is 18.0 Å². The number of rotatable bonds is 8. The molecule has 3 aromatic rings. The van der Waals surface area contributed by atoms with Crippen LogP contribution in [0, 0.1) is 13.8 Å². The zero-order valence-corrected chi connectivity index (χ0v) is 19.5. The molecule has 0 aliphatic rings. The predicted octanol–water partition coefficient (Wildman–Crippen LogP) is 4.38. The summed E-state index contributed by atoms with van der Waals surface area (Å²) in [4.78, 5) is 13.1. The number of amides is 1. The van der Waals surface area contributed by atoms with Gasteiger partial charge in [-0.1, -0.05) is 54.1 Å². The Bertz CT molecular complexity index is 1190. The number of nitrogens with zero attached hydrogens (tertiary/aromatic N) is 1. The summed E-state index contributed by atoms with van der Waals surface area (Å²) in [5.74, 6) is -0.0508. The normalized spacial score (nSPS) is 12.1. The highest BCUT2D eigenvalue weighted by Crippen LogP contribution is 2.32. The summed E-state index contributed by atoms with van der Waals surface area (Å²) in [6.07, 6.45) is 0. The van der Waals surface area contributed by atoms with E-state index in [1.54, 1.807) is 42.5 Å². The Balaban J connectivity index is 1.93. The van der Waals surface area contributed by atoms with Gasteiger partial charge in [0.1, 0.15) is 12.3 Å². The van der Waals surface area contributed by atoms with Gasteiger partial charge in [-0.05, 0) is 56.2 Å². The van der Waals surface area contributed by atoms with Crippen LogP contribution in [0.4, 0.5) is 5.69 Å². The number of anilines is 1. The van der Waals surface area contributed by atoms with E-state index >= 15 is 0 Å². The van der Waals surface area contributed by atoms with Gasteiger partial charge < -0.3 is 10.1 Å². The Morgan fingerprint density at radius 1 is 1.00 bits per heavy atom. The third-order valence-corrected chi connectivity index (χ3v) is 7.02. The van der Waals surface area contributed by atoms with E-state index in [1.165, 1.54) is 19.2 Å². The summed E-state index contributed by atoms with van der Waals surface area (Å²) in [6.45, 7) is 5.51. The number of benzene rings is 3. The second kappa shape index (κ2) is 9.87. The predicted molar refractivity (Wildman–Crippen MR) is 126 cm³/mol. The minimum Gasteiger partial charge on any atom is -0.495 e. The van der Waals surface area contributed by atoms with Crippen molar-refractivity contribution in [1.82, 2.24) is 5.32 Å². The van der Waals surface area contributed by atoms with Gasteiger partial charge in [-0.25, -0.2) is 8.42 Å². The molecule has 0 aliphatic heterocycles. The summed E-state index contributed by atoms with van der Waals surface area (Å²) in [5.41, 5.74) is 3.49. The average molecular weight is 453 g/mol. The van der Waals surface area contributed by atoms with Crippen molar-refractivity contribution in [3.63, 3.8) is 0 Å². The van der Waals surface area contributed by atoms with Gasteiger partial charge in [-0.15, -0.1) is 0 Å². The highest BCUT2D eigenvalue weighted by molar-refractivity contribution is 7.92. The molecule has 1 unspecified atom stereocenters. The van der Waals surface area contributed by atoms with Crippen molar-refractivity contribution in [3.8, 4) is 5.75 Å². The summed E-state index contributed by atoms with van der Waals surface area (Å²) >= 11 is 0. The van der Waals surface area contributed by atoms with Crippen molar-refractivity contribution in [2.45, 2.75) is 31.7 Å². The molecule has 0 aliphatic carbocycles. The summed E-state index contributed by atoms with van der Waals surface area (Å²) in [6, 6.07) is 20.6. The SMILES string of the molecule is COc1ccccc1N(CC(=O)NC(C)c1ccc(C)cc1C)S(=O)(=O)c1ccccc1. The Morgan fingerprint density at radius 3 is 2.31 bits per heavy atom. The highest BCUT2D eigenvalue weighted by atomic mass is 32.2. The van der Waals surface area contributed by atoms with Crippen LogP contribution in [0.2, 0.25) is 0 Å². The topological polar surface area (TPSA) is 75.7 Å². The standard InChI is InChI=1S/C25H28N2O4S/c1-18-14-15-22(19(2)16-18)20(3)26-25(28)17-27(23-12-8-9-13-24(23)31-4)32(29,30)21-10-6-5-7-11-21/h5-16,20H,17H2,1-4H3,(H,26,28). The molecular formula is C25H28N2O4S. The molecule has 0 radical (unpaired) electrons. The van der Waals surface area contributed by atoms with E-state index in [2.05, 4.69) is 11.4 Å².